The van der Waals surface area contributed by atoms with Gasteiger partial charge in [-0.15, -0.1) is 5.10 Å². The predicted octanol–water partition coefficient (Wildman–Crippen LogP) is 4.05. The van der Waals surface area contributed by atoms with Gasteiger partial charge in [-0.05, 0) is 43.1 Å². The SMILES string of the molecule is CCCNCc1nnc(Oc2ccc(Cl)c(CC)c2)s1. The van der Waals surface area contributed by atoms with Gasteiger partial charge in [-0.25, -0.2) is 0 Å². The van der Waals surface area contributed by atoms with E-state index in [1.807, 2.05) is 18.2 Å². The number of rotatable bonds is 7. The number of hydrogen-bond donors (Lipinski definition) is 1. The van der Waals surface area contributed by atoms with Crippen molar-refractivity contribution in [2.24, 2.45) is 0 Å². The molecule has 0 saturated heterocycles. The average Bonchev–Trinajstić information content (AvgIpc) is 2.89. The quantitative estimate of drug-likeness (QED) is 0.784. The van der Waals surface area contributed by atoms with Gasteiger partial charge in [0.15, 0.2) is 0 Å². The van der Waals surface area contributed by atoms with Crippen LogP contribution in [0.5, 0.6) is 10.9 Å². The van der Waals surface area contributed by atoms with E-state index < -0.39 is 0 Å². The Bertz CT molecular complexity index is 559. The summed E-state index contributed by atoms with van der Waals surface area (Å²) in [5.74, 6) is 0.746. The van der Waals surface area contributed by atoms with E-state index in [0.717, 1.165) is 47.3 Å². The zero-order valence-corrected chi connectivity index (χ0v) is 13.2. The molecule has 1 aromatic carbocycles. The molecule has 1 aromatic heterocycles. The topological polar surface area (TPSA) is 47.0 Å². The summed E-state index contributed by atoms with van der Waals surface area (Å²) < 4.78 is 5.72. The number of hydrogen-bond acceptors (Lipinski definition) is 5. The molecule has 6 heteroatoms. The molecule has 0 unspecified atom stereocenters. The third-order valence-electron chi connectivity index (χ3n) is 2.75. The molecular formula is C14H18ClN3OS. The van der Waals surface area contributed by atoms with Gasteiger partial charge in [0.2, 0.25) is 0 Å². The summed E-state index contributed by atoms with van der Waals surface area (Å²) in [6.07, 6.45) is 1.98. The zero-order valence-electron chi connectivity index (χ0n) is 11.6. The lowest BCUT2D eigenvalue weighted by molar-refractivity contribution is 0.472. The van der Waals surface area contributed by atoms with Crippen LogP contribution in [0.3, 0.4) is 0 Å². The van der Waals surface area contributed by atoms with Crippen LogP contribution < -0.4 is 10.1 Å². The number of benzene rings is 1. The molecule has 2 rings (SSSR count). The van der Waals surface area contributed by atoms with Gasteiger partial charge in [0.1, 0.15) is 10.8 Å². The third-order valence-corrected chi connectivity index (χ3v) is 3.92. The largest absolute Gasteiger partial charge is 0.430 e. The molecule has 108 valence electrons. The van der Waals surface area contributed by atoms with Gasteiger partial charge >= 0.3 is 0 Å². The van der Waals surface area contributed by atoms with E-state index in [4.69, 9.17) is 16.3 Å². The Labute approximate surface area is 128 Å². The summed E-state index contributed by atoms with van der Waals surface area (Å²) in [5, 5.41) is 13.7. The highest BCUT2D eigenvalue weighted by Crippen LogP contribution is 2.28. The maximum atomic E-state index is 6.09. The molecule has 0 spiro atoms. The van der Waals surface area contributed by atoms with Crippen molar-refractivity contribution < 1.29 is 4.74 Å². The van der Waals surface area contributed by atoms with Gasteiger partial charge in [0.05, 0.1) is 0 Å². The van der Waals surface area contributed by atoms with Crippen LogP contribution in [0.25, 0.3) is 0 Å². The normalized spacial score (nSPS) is 10.8. The summed E-state index contributed by atoms with van der Waals surface area (Å²) >= 11 is 7.54. The Morgan fingerprint density at radius 3 is 2.90 bits per heavy atom. The van der Waals surface area contributed by atoms with Crippen LogP contribution >= 0.6 is 22.9 Å². The van der Waals surface area contributed by atoms with E-state index in [-0.39, 0.29) is 0 Å². The molecule has 0 bridgehead atoms. The van der Waals surface area contributed by atoms with Crippen LogP contribution in [0.4, 0.5) is 0 Å². The molecule has 0 amide bonds. The molecule has 2 aromatic rings. The third kappa shape index (κ3) is 4.16. The minimum atomic E-state index is 0.558. The summed E-state index contributed by atoms with van der Waals surface area (Å²) in [7, 11) is 0. The van der Waals surface area contributed by atoms with Crippen molar-refractivity contribution in [2.45, 2.75) is 33.2 Å². The summed E-state index contributed by atoms with van der Waals surface area (Å²) in [6.45, 7) is 5.91. The fourth-order valence-electron chi connectivity index (χ4n) is 1.71. The number of ether oxygens (including phenoxy) is 1. The van der Waals surface area contributed by atoms with Crippen molar-refractivity contribution >= 4 is 22.9 Å². The second-order valence-electron chi connectivity index (χ2n) is 4.35. The van der Waals surface area contributed by atoms with Gasteiger partial charge in [0.25, 0.3) is 5.19 Å². The Hall–Kier alpha value is -1.17. The first-order valence-electron chi connectivity index (χ1n) is 6.72. The van der Waals surface area contributed by atoms with Gasteiger partial charge in [-0.1, -0.05) is 41.9 Å². The van der Waals surface area contributed by atoms with Crippen molar-refractivity contribution in [1.29, 1.82) is 0 Å². The van der Waals surface area contributed by atoms with E-state index in [1.165, 1.54) is 11.3 Å². The fourth-order valence-corrected chi connectivity index (χ4v) is 2.64. The first-order chi connectivity index (χ1) is 9.72. The zero-order chi connectivity index (χ0) is 14.4. The van der Waals surface area contributed by atoms with Gasteiger partial charge in [-0.3, -0.25) is 0 Å². The van der Waals surface area contributed by atoms with Crippen molar-refractivity contribution in [3.8, 4) is 10.9 Å². The van der Waals surface area contributed by atoms with Gasteiger partial charge in [0, 0.05) is 11.6 Å². The maximum Gasteiger partial charge on any atom is 0.299 e. The van der Waals surface area contributed by atoms with Crippen molar-refractivity contribution in [3.63, 3.8) is 0 Å². The highest BCUT2D eigenvalue weighted by molar-refractivity contribution is 7.13. The van der Waals surface area contributed by atoms with E-state index in [0.29, 0.717) is 5.19 Å². The molecule has 0 fully saturated rings. The fraction of sp³-hybridized carbons (Fsp3) is 0.429. The van der Waals surface area contributed by atoms with E-state index in [1.54, 1.807) is 0 Å². The van der Waals surface area contributed by atoms with Crippen LogP contribution in [0, 0.1) is 0 Å². The van der Waals surface area contributed by atoms with Crippen molar-refractivity contribution in [1.82, 2.24) is 15.5 Å². The lowest BCUT2D eigenvalue weighted by Gasteiger charge is -2.05. The molecule has 0 aliphatic rings. The van der Waals surface area contributed by atoms with Crippen LogP contribution in [0.1, 0.15) is 30.8 Å². The Kier molecular flexibility index (Phi) is 5.76. The summed E-state index contributed by atoms with van der Waals surface area (Å²) in [4.78, 5) is 0. The summed E-state index contributed by atoms with van der Waals surface area (Å²) in [5.41, 5.74) is 1.07. The molecule has 0 radical (unpaired) electrons. The van der Waals surface area contributed by atoms with Crippen LogP contribution in [0.2, 0.25) is 5.02 Å². The average molecular weight is 312 g/mol. The van der Waals surface area contributed by atoms with Crippen LogP contribution in [-0.2, 0) is 13.0 Å². The Morgan fingerprint density at radius 1 is 1.30 bits per heavy atom. The van der Waals surface area contributed by atoms with Crippen molar-refractivity contribution in [3.05, 3.63) is 33.8 Å². The molecule has 1 N–H and O–H groups in total. The molecule has 0 aliphatic carbocycles. The monoisotopic (exact) mass is 311 g/mol. The number of aromatic nitrogens is 2. The Morgan fingerprint density at radius 2 is 2.15 bits per heavy atom. The van der Waals surface area contributed by atoms with E-state index >= 15 is 0 Å². The molecule has 1 heterocycles. The summed E-state index contributed by atoms with van der Waals surface area (Å²) in [6, 6.07) is 5.64. The second-order valence-corrected chi connectivity index (χ2v) is 5.78. The van der Waals surface area contributed by atoms with Crippen LogP contribution in [0.15, 0.2) is 18.2 Å². The molecule has 0 atom stereocenters. The highest BCUT2D eigenvalue weighted by atomic mass is 35.5. The lowest BCUT2D eigenvalue weighted by atomic mass is 10.2. The molecule has 0 aliphatic heterocycles. The first-order valence-corrected chi connectivity index (χ1v) is 7.91. The van der Waals surface area contributed by atoms with Crippen LogP contribution in [-0.4, -0.2) is 16.7 Å². The van der Waals surface area contributed by atoms with E-state index in [2.05, 4.69) is 29.4 Å². The maximum absolute atomic E-state index is 6.09. The lowest BCUT2D eigenvalue weighted by Crippen LogP contribution is -2.13. The number of nitrogens with one attached hydrogen (secondary N) is 1. The standard InChI is InChI=1S/C14H18ClN3OS/c1-3-7-16-9-13-17-18-14(20-13)19-11-5-6-12(15)10(4-2)8-11/h5-6,8,16H,3-4,7,9H2,1-2H3. The Balaban J connectivity index is 1.99. The molecule has 0 saturated carbocycles. The molecular weight excluding hydrogens is 294 g/mol. The molecule has 20 heavy (non-hydrogen) atoms. The highest BCUT2D eigenvalue weighted by Gasteiger charge is 2.07. The molecule has 4 nitrogen and oxygen atoms in total. The number of aryl methyl sites for hydroxylation is 1. The van der Waals surface area contributed by atoms with Gasteiger partial charge < -0.3 is 10.1 Å². The number of halogens is 1. The second kappa shape index (κ2) is 7.57. The van der Waals surface area contributed by atoms with E-state index in [9.17, 15) is 0 Å². The minimum absolute atomic E-state index is 0.558. The van der Waals surface area contributed by atoms with Crippen molar-refractivity contribution in [2.75, 3.05) is 6.54 Å². The smallest absolute Gasteiger partial charge is 0.299 e. The minimum Gasteiger partial charge on any atom is -0.430 e. The predicted molar refractivity (Wildman–Crippen MR) is 82.8 cm³/mol. The van der Waals surface area contributed by atoms with Gasteiger partial charge in [-0.2, -0.15) is 0 Å². The first kappa shape index (κ1) is 15.2. The number of nitrogens with zero attached hydrogens (tertiary/aromatic N) is 2.